The van der Waals surface area contributed by atoms with E-state index < -0.39 is 0 Å². The summed E-state index contributed by atoms with van der Waals surface area (Å²) >= 11 is 1.71. The van der Waals surface area contributed by atoms with Crippen LogP contribution in [0, 0.1) is 0 Å². The molecule has 0 bridgehead atoms. The summed E-state index contributed by atoms with van der Waals surface area (Å²) in [6, 6.07) is 12.8. The molecule has 4 aromatic rings. The first-order valence-electron chi connectivity index (χ1n) is 5.55. The Balaban J connectivity index is 2.43. The van der Waals surface area contributed by atoms with Gasteiger partial charge in [-0.3, -0.25) is 0 Å². The summed E-state index contributed by atoms with van der Waals surface area (Å²) in [6.45, 7) is 0. The smallest absolute Gasteiger partial charge is 0.0833 e. The second-order valence-corrected chi connectivity index (χ2v) is 5.09. The number of aromatic nitrogens is 2. The summed E-state index contributed by atoms with van der Waals surface area (Å²) in [5.41, 5.74) is 5.59. The van der Waals surface area contributed by atoms with E-state index in [2.05, 4.69) is 53.0 Å². The van der Waals surface area contributed by atoms with Gasteiger partial charge in [-0.25, -0.2) is 4.98 Å². The lowest BCUT2D eigenvalue weighted by Gasteiger charge is -1.98. The first-order valence-corrected chi connectivity index (χ1v) is 6.43. The Kier molecular flexibility index (Phi) is 1.66. The van der Waals surface area contributed by atoms with Gasteiger partial charge in [0, 0.05) is 23.3 Å². The number of nitrogens with zero attached hydrogens (tertiary/aromatic N) is 2. The topological polar surface area (TPSA) is 17.8 Å². The quantitative estimate of drug-likeness (QED) is 0.453. The van der Waals surface area contributed by atoms with Gasteiger partial charge in [-0.2, -0.15) is 0 Å². The standard InChI is InChI=1S/C14H10N2S/c1-16-12-5-3-2-4-9(12)10-6-7-11-14(13(10)16)17-8-15-11/h2-8H,1H3. The lowest BCUT2D eigenvalue weighted by Crippen LogP contribution is -1.86. The molecule has 0 atom stereocenters. The molecule has 0 aliphatic heterocycles. The number of thiazole rings is 1. The molecule has 0 saturated heterocycles. The molecule has 0 aliphatic carbocycles. The fourth-order valence-electron chi connectivity index (χ4n) is 2.58. The molecule has 2 nitrogen and oxygen atoms in total. The number of benzene rings is 2. The number of fused-ring (bicyclic) bond motifs is 5. The molecule has 82 valence electrons. The third kappa shape index (κ3) is 1.07. The van der Waals surface area contributed by atoms with Gasteiger partial charge in [0.15, 0.2) is 0 Å². The normalized spacial score (nSPS) is 11.8. The van der Waals surface area contributed by atoms with Crippen molar-refractivity contribution in [3.63, 3.8) is 0 Å². The van der Waals surface area contributed by atoms with Gasteiger partial charge in [0.05, 0.1) is 21.2 Å². The van der Waals surface area contributed by atoms with Crippen LogP contribution in [0.3, 0.4) is 0 Å². The van der Waals surface area contributed by atoms with Crippen molar-refractivity contribution in [2.75, 3.05) is 0 Å². The van der Waals surface area contributed by atoms with Gasteiger partial charge in [0.2, 0.25) is 0 Å². The van der Waals surface area contributed by atoms with Crippen molar-refractivity contribution < 1.29 is 0 Å². The van der Waals surface area contributed by atoms with Crippen molar-refractivity contribution >= 4 is 43.4 Å². The summed E-state index contributed by atoms with van der Waals surface area (Å²) in [4.78, 5) is 4.39. The number of rotatable bonds is 0. The Morgan fingerprint density at radius 3 is 2.88 bits per heavy atom. The van der Waals surface area contributed by atoms with Crippen molar-refractivity contribution in [3.8, 4) is 0 Å². The second kappa shape index (κ2) is 3.08. The number of hydrogen-bond donors (Lipinski definition) is 0. The minimum Gasteiger partial charge on any atom is -0.342 e. The third-order valence-electron chi connectivity index (χ3n) is 3.36. The van der Waals surface area contributed by atoms with E-state index in [0.717, 1.165) is 5.52 Å². The molecule has 4 rings (SSSR count). The Hall–Kier alpha value is -1.87. The van der Waals surface area contributed by atoms with Crippen LogP contribution in [0.25, 0.3) is 32.0 Å². The molecule has 2 heterocycles. The van der Waals surface area contributed by atoms with E-state index in [1.165, 1.54) is 26.5 Å². The number of hydrogen-bond acceptors (Lipinski definition) is 2. The van der Waals surface area contributed by atoms with Crippen LogP contribution >= 0.6 is 11.3 Å². The van der Waals surface area contributed by atoms with Crippen molar-refractivity contribution in [2.24, 2.45) is 7.05 Å². The highest BCUT2D eigenvalue weighted by Gasteiger charge is 2.11. The summed E-state index contributed by atoms with van der Waals surface area (Å²) < 4.78 is 3.55. The number of aryl methyl sites for hydroxylation is 1. The first kappa shape index (κ1) is 9.19. The molecule has 0 unspecified atom stereocenters. The maximum Gasteiger partial charge on any atom is 0.0833 e. The van der Waals surface area contributed by atoms with E-state index in [9.17, 15) is 0 Å². The maximum atomic E-state index is 4.39. The van der Waals surface area contributed by atoms with Gasteiger partial charge < -0.3 is 4.57 Å². The molecule has 0 radical (unpaired) electrons. The Labute approximate surface area is 102 Å². The van der Waals surface area contributed by atoms with E-state index in [-0.39, 0.29) is 0 Å². The van der Waals surface area contributed by atoms with Crippen molar-refractivity contribution in [1.82, 2.24) is 9.55 Å². The van der Waals surface area contributed by atoms with Crippen LogP contribution in [0.15, 0.2) is 41.9 Å². The van der Waals surface area contributed by atoms with Crippen molar-refractivity contribution in [2.45, 2.75) is 0 Å². The summed E-state index contributed by atoms with van der Waals surface area (Å²) in [6.07, 6.45) is 0. The van der Waals surface area contributed by atoms with Gasteiger partial charge in [-0.15, -0.1) is 11.3 Å². The molecule has 0 saturated carbocycles. The maximum absolute atomic E-state index is 4.39. The average molecular weight is 238 g/mol. The largest absolute Gasteiger partial charge is 0.342 e. The zero-order valence-corrected chi connectivity index (χ0v) is 10.2. The molecule has 0 fully saturated rings. The monoisotopic (exact) mass is 238 g/mol. The molecule has 0 spiro atoms. The minimum absolute atomic E-state index is 1.09. The highest BCUT2D eigenvalue weighted by molar-refractivity contribution is 7.17. The molecule has 2 aromatic carbocycles. The number of para-hydroxylation sites is 1. The van der Waals surface area contributed by atoms with E-state index in [1.54, 1.807) is 11.3 Å². The van der Waals surface area contributed by atoms with E-state index >= 15 is 0 Å². The minimum atomic E-state index is 1.09. The van der Waals surface area contributed by atoms with Gasteiger partial charge in [0.25, 0.3) is 0 Å². The molecule has 17 heavy (non-hydrogen) atoms. The lowest BCUT2D eigenvalue weighted by atomic mass is 10.1. The van der Waals surface area contributed by atoms with Crippen LogP contribution in [0.1, 0.15) is 0 Å². The summed E-state index contributed by atoms with van der Waals surface area (Å²) in [7, 11) is 2.13. The second-order valence-electron chi connectivity index (χ2n) is 4.24. The summed E-state index contributed by atoms with van der Waals surface area (Å²) in [5.74, 6) is 0. The third-order valence-corrected chi connectivity index (χ3v) is 4.21. The highest BCUT2D eigenvalue weighted by Crippen LogP contribution is 2.34. The van der Waals surface area contributed by atoms with Gasteiger partial charge in [-0.1, -0.05) is 18.2 Å². The SMILES string of the molecule is Cn1c2ccccc2c2ccc3ncsc3c21. The van der Waals surface area contributed by atoms with Crippen molar-refractivity contribution in [3.05, 3.63) is 41.9 Å². The van der Waals surface area contributed by atoms with Crippen molar-refractivity contribution in [1.29, 1.82) is 0 Å². The van der Waals surface area contributed by atoms with Crippen LogP contribution in [0.2, 0.25) is 0 Å². The van der Waals surface area contributed by atoms with Crippen LogP contribution in [-0.4, -0.2) is 9.55 Å². The summed E-state index contributed by atoms with van der Waals surface area (Å²) in [5, 5.41) is 2.64. The molecular weight excluding hydrogens is 228 g/mol. The van der Waals surface area contributed by atoms with Crippen LogP contribution in [0.5, 0.6) is 0 Å². The predicted octanol–water partition coefficient (Wildman–Crippen LogP) is 3.94. The fourth-order valence-corrected chi connectivity index (χ4v) is 3.45. The van der Waals surface area contributed by atoms with Gasteiger partial charge in [0.1, 0.15) is 0 Å². The van der Waals surface area contributed by atoms with Crippen LogP contribution in [-0.2, 0) is 7.05 Å². The molecule has 3 heteroatoms. The van der Waals surface area contributed by atoms with E-state index in [1.807, 2.05) is 5.51 Å². The zero-order chi connectivity index (χ0) is 11.4. The molecule has 0 aliphatic rings. The fraction of sp³-hybridized carbons (Fsp3) is 0.0714. The zero-order valence-electron chi connectivity index (χ0n) is 9.34. The Bertz CT molecular complexity index is 854. The van der Waals surface area contributed by atoms with Crippen LogP contribution < -0.4 is 0 Å². The molecular formula is C14H10N2S. The van der Waals surface area contributed by atoms with Gasteiger partial charge in [-0.05, 0) is 18.2 Å². The van der Waals surface area contributed by atoms with E-state index in [4.69, 9.17) is 0 Å². The van der Waals surface area contributed by atoms with E-state index in [0.29, 0.717) is 0 Å². The first-order chi connectivity index (χ1) is 8.36. The molecule has 0 N–H and O–H groups in total. The highest BCUT2D eigenvalue weighted by atomic mass is 32.1. The Morgan fingerprint density at radius 2 is 1.94 bits per heavy atom. The molecule has 2 aromatic heterocycles. The molecule has 0 amide bonds. The average Bonchev–Trinajstić information content (AvgIpc) is 2.93. The predicted molar refractivity (Wildman–Crippen MR) is 73.6 cm³/mol. The lowest BCUT2D eigenvalue weighted by molar-refractivity contribution is 1.02. The van der Waals surface area contributed by atoms with Gasteiger partial charge >= 0.3 is 0 Å². The van der Waals surface area contributed by atoms with Crippen LogP contribution in [0.4, 0.5) is 0 Å². The Morgan fingerprint density at radius 1 is 1.06 bits per heavy atom.